The highest BCUT2D eigenvalue weighted by molar-refractivity contribution is 5.76. The van der Waals surface area contributed by atoms with Crippen LogP contribution in [0.3, 0.4) is 0 Å². The Balaban J connectivity index is 2.49. The Morgan fingerprint density at radius 2 is 2.06 bits per heavy atom. The van der Waals surface area contributed by atoms with E-state index < -0.39 is 0 Å². The second-order valence-corrected chi connectivity index (χ2v) is 3.67. The molecule has 0 atom stereocenters. The molecule has 0 aliphatic rings. The molecule has 2 rings (SSSR count). The first-order chi connectivity index (χ1) is 7.70. The van der Waals surface area contributed by atoms with Crippen LogP contribution in [0.2, 0.25) is 0 Å². The van der Waals surface area contributed by atoms with Crippen LogP contribution in [0.15, 0.2) is 36.5 Å². The molecule has 1 aromatic heterocycles. The van der Waals surface area contributed by atoms with Crippen molar-refractivity contribution in [1.29, 1.82) is 0 Å². The molecule has 2 N–H and O–H groups in total. The largest absolute Gasteiger partial charge is 0.399 e. The van der Waals surface area contributed by atoms with Crippen molar-refractivity contribution in [2.75, 3.05) is 5.73 Å². The highest BCUT2D eigenvalue weighted by Crippen LogP contribution is 2.23. The topological polar surface area (TPSA) is 56.0 Å². The number of nitrogen functional groups attached to an aromatic ring is 1. The van der Waals surface area contributed by atoms with Crippen molar-refractivity contribution >= 4 is 12.0 Å². The van der Waals surface area contributed by atoms with Crippen LogP contribution < -0.4 is 5.73 Å². The second-order valence-electron chi connectivity index (χ2n) is 3.67. The van der Waals surface area contributed by atoms with E-state index in [1.165, 1.54) is 0 Å². The van der Waals surface area contributed by atoms with Gasteiger partial charge in [-0.25, -0.2) is 0 Å². The van der Waals surface area contributed by atoms with E-state index in [1.807, 2.05) is 31.2 Å². The molecule has 0 fully saturated rings. The minimum atomic E-state index is 0.574. The fraction of sp³-hybridized carbons (Fsp3) is 0.0769. The lowest BCUT2D eigenvalue weighted by atomic mass is 10.0. The summed E-state index contributed by atoms with van der Waals surface area (Å²) >= 11 is 0. The first-order valence-electron chi connectivity index (χ1n) is 4.98. The summed E-state index contributed by atoms with van der Waals surface area (Å²) in [5, 5.41) is 0. The summed E-state index contributed by atoms with van der Waals surface area (Å²) in [6.07, 6.45) is 2.34. The van der Waals surface area contributed by atoms with Gasteiger partial charge in [-0.05, 0) is 36.8 Å². The SMILES string of the molecule is Cc1ccc(N)cc1-c1ccc(C=O)cn1. The van der Waals surface area contributed by atoms with Gasteiger partial charge in [0.2, 0.25) is 0 Å². The minimum Gasteiger partial charge on any atom is -0.399 e. The van der Waals surface area contributed by atoms with Crippen LogP contribution >= 0.6 is 0 Å². The van der Waals surface area contributed by atoms with Gasteiger partial charge in [0.05, 0.1) is 5.69 Å². The van der Waals surface area contributed by atoms with E-state index >= 15 is 0 Å². The Bertz CT molecular complexity index is 518. The molecule has 0 bridgehead atoms. The molecule has 0 saturated carbocycles. The lowest BCUT2D eigenvalue weighted by Gasteiger charge is -2.06. The third kappa shape index (κ3) is 1.93. The predicted octanol–water partition coefficient (Wildman–Crippen LogP) is 2.45. The van der Waals surface area contributed by atoms with Crippen molar-refractivity contribution in [3.8, 4) is 11.3 Å². The van der Waals surface area contributed by atoms with Crippen LogP contribution in [0, 0.1) is 6.92 Å². The molecule has 16 heavy (non-hydrogen) atoms. The van der Waals surface area contributed by atoms with Gasteiger partial charge in [-0.2, -0.15) is 0 Å². The number of carbonyl (C=O) groups excluding carboxylic acids is 1. The maximum Gasteiger partial charge on any atom is 0.151 e. The van der Waals surface area contributed by atoms with E-state index in [4.69, 9.17) is 5.73 Å². The number of rotatable bonds is 2. The van der Waals surface area contributed by atoms with Gasteiger partial charge in [-0.1, -0.05) is 6.07 Å². The highest BCUT2D eigenvalue weighted by atomic mass is 16.1. The number of hydrogen-bond acceptors (Lipinski definition) is 3. The molecule has 80 valence electrons. The molecule has 0 spiro atoms. The zero-order valence-corrected chi connectivity index (χ0v) is 8.97. The molecule has 0 aliphatic heterocycles. The van der Waals surface area contributed by atoms with Gasteiger partial charge in [-0.3, -0.25) is 9.78 Å². The first kappa shape index (κ1) is 10.4. The Morgan fingerprint density at radius 1 is 1.25 bits per heavy atom. The molecule has 1 heterocycles. The lowest BCUT2D eigenvalue weighted by molar-refractivity contribution is 0.112. The van der Waals surface area contributed by atoms with Gasteiger partial charge >= 0.3 is 0 Å². The number of pyridine rings is 1. The summed E-state index contributed by atoms with van der Waals surface area (Å²) in [5.41, 5.74) is 9.96. The number of nitrogens with two attached hydrogens (primary N) is 1. The Morgan fingerprint density at radius 3 is 2.69 bits per heavy atom. The third-order valence-electron chi connectivity index (χ3n) is 2.46. The van der Waals surface area contributed by atoms with E-state index in [-0.39, 0.29) is 0 Å². The second kappa shape index (κ2) is 4.14. The number of carbonyl (C=O) groups is 1. The average molecular weight is 212 g/mol. The van der Waals surface area contributed by atoms with Crippen molar-refractivity contribution in [1.82, 2.24) is 4.98 Å². The fourth-order valence-corrected chi connectivity index (χ4v) is 1.55. The lowest BCUT2D eigenvalue weighted by Crippen LogP contribution is -1.91. The molecule has 0 saturated heterocycles. The van der Waals surface area contributed by atoms with Gasteiger partial charge in [0.1, 0.15) is 0 Å². The molecule has 3 heteroatoms. The number of benzene rings is 1. The zero-order chi connectivity index (χ0) is 11.5. The van der Waals surface area contributed by atoms with Crippen molar-refractivity contribution in [2.45, 2.75) is 6.92 Å². The molecule has 0 unspecified atom stereocenters. The fourth-order valence-electron chi connectivity index (χ4n) is 1.55. The number of nitrogens with zero attached hydrogens (tertiary/aromatic N) is 1. The molecule has 0 aliphatic carbocycles. The summed E-state index contributed by atoms with van der Waals surface area (Å²) in [6.45, 7) is 2.00. The van der Waals surface area contributed by atoms with E-state index in [2.05, 4.69) is 4.98 Å². The van der Waals surface area contributed by atoms with Gasteiger partial charge in [-0.15, -0.1) is 0 Å². The number of aryl methyl sites for hydroxylation is 1. The van der Waals surface area contributed by atoms with E-state index in [9.17, 15) is 4.79 Å². The molecule has 3 nitrogen and oxygen atoms in total. The van der Waals surface area contributed by atoms with Gasteiger partial charge in [0, 0.05) is 23.0 Å². The molecule has 0 amide bonds. The smallest absolute Gasteiger partial charge is 0.151 e. The van der Waals surface area contributed by atoms with Crippen LogP contribution in [0.1, 0.15) is 15.9 Å². The molecular formula is C13H12N2O. The van der Waals surface area contributed by atoms with Gasteiger partial charge in [0.25, 0.3) is 0 Å². The summed E-state index contributed by atoms with van der Waals surface area (Å²) in [7, 11) is 0. The van der Waals surface area contributed by atoms with Gasteiger partial charge < -0.3 is 5.73 Å². The first-order valence-corrected chi connectivity index (χ1v) is 4.98. The standard InChI is InChI=1S/C13H12N2O/c1-9-2-4-11(14)6-12(9)13-5-3-10(8-16)7-15-13/h2-8H,14H2,1H3. The Labute approximate surface area is 93.9 Å². The molecule has 0 radical (unpaired) electrons. The van der Waals surface area contributed by atoms with Crippen molar-refractivity contribution in [3.05, 3.63) is 47.7 Å². The Hall–Kier alpha value is -2.16. The maximum atomic E-state index is 10.5. The zero-order valence-electron chi connectivity index (χ0n) is 8.97. The summed E-state index contributed by atoms with van der Waals surface area (Å²) in [5.74, 6) is 0. The number of anilines is 1. The number of hydrogen-bond donors (Lipinski definition) is 1. The normalized spacial score (nSPS) is 10.1. The van der Waals surface area contributed by atoms with Crippen LogP contribution in [0.4, 0.5) is 5.69 Å². The van der Waals surface area contributed by atoms with Crippen LogP contribution in [0.5, 0.6) is 0 Å². The van der Waals surface area contributed by atoms with E-state index in [0.717, 1.165) is 23.1 Å². The van der Waals surface area contributed by atoms with Crippen LogP contribution in [0.25, 0.3) is 11.3 Å². The number of aldehydes is 1. The van der Waals surface area contributed by atoms with Crippen molar-refractivity contribution in [3.63, 3.8) is 0 Å². The summed E-state index contributed by atoms with van der Waals surface area (Å²) in [4.78, 5) is 14.8. The third-order valence-corrected chi connectivity index (χ3v) is 2.46. The molecule has 1 aromatic carbocycles. The van der Waals surface area contributed by atoms with E-state index in [0.29, 0.717) is 11.3 Å². The minimum absolute atomic E-state index is 0.574. The highest BCUT2D eigenvalue weighted by Gasteiger charge is 2.03. The van der Waals surface area contributed by atoms with Crippen molar-refractivity contribution in [2.24, 2.45) is 0 Å². The average Bonchev–Trinajstić information content (AvgIpc) is 2.32. The van der Waals surface area contributed by atoms with E-state index in [1.54, 1.807) is 12.3 Å². The van der Waals surface area contributed by atoms with Crippen LogP contribution in [-0.4, -0.2) is 11.3 Å². The van der Waals surface area contributed by atoms with Crippen LogP contribution in [-0.2, 0) is 0 Å². The Kier molecular flexibility index (Phi) is 2.68. The monoisotopic (exact) mass is 212 g/mol. The summed E-state index contributed by atoms with van der Waals surface area (Å²) < 4.78 is 0. The van der Waals surface area contributed by atoms with Gasteiger partial charge in [0.15, 0.2) is 6.29 Å². The maximum absolute atomic E-state index is 10.5. The number of aromatic nitrogens is 1. The molecule has 2 aromatic rings. The quantitative estimate of drug-likeness (QED) is 0.614. The molecular weight excluding hydrogens is 200 g/mol. The predicted molar refractivity (Wildman–Crippen MR) is 64.2 cm³/mol. The van der Waals surface area contributed by atoms with Crippen molar-refractivity contribution < 1.29 is 4.79 Å². The summed E-state index contributed by atoms with van der Waals surface area (Å²) in [6, 6.07) is 9.28.